The second-order valence-corrected chi connectivity index (χ2v) is 6.91. The second-order valence-electron chi connectivity index (χ2n) is 5.34. The Bertz CT molecular complexity index is 769. The minimum absolute atomic E-state index is 0.00562. The van der Waals surface area contributed by atoms with E-state index in [1.807, 2.05) is 0 Å². The molecule has 2 amide bonds. The molecule has 1 aliphatic rings. The van der Waals surface area contributed by atoms with Crippen LogP contribution in [0.1, 0.15) is 33.6 Å². The number of amides is 2. The number of fused-ring (bicyclic) bond motifs is 1. The number of hydrogen-bond donors (Lipinski definition) is 0. The first-order chi connectivity index (χ1) is 11.6. The molecule has 0 atom stereocenters. The summed E-state index contributed by atoms with van der Waals surface area (Å²) in [6.45, 7) is 0.249. The molecule has 0 bridgehead atoms. The van der Waals surface area contributed by atoms with E-state index in [-0.39, 0.29) is 23.5 Å². The van der Waals surface area contributed by atoms with Crippen LogP contribution in [0.3, 0.4) is 0 Å². The molecule has 0 saturated carbocycles. The summed E-state index contributed by atoms with van der Waals surface area (Å²) in [6, 6.07) is 13.8. The van der Waals surface area contributed by atoms with E-state index >= 15 is 0 Å². The molecule has 0 spiro atoms. The summed E-state index contributed by atoms with van der Waals surface area (Å²) in [5.74, 6) is -0.568. The van der Waals surface area contributed by atoms with E-state index in [4.69, 9.17) is 11.6 Å². The number of nitrogens with zero attached hydrogens (tertiary/aromatic N) is 1. The van der Waals surface area contributed by atoms with E-state index in [2.05, 4.69) is 0 Å². The zero-order valence-corrected chi connectivity index (χ0v) is 14.3. The van der Waals surface area contributed by atoms with Gasteiger partial charge in [-0.3, -0.25) is 19.3 Å². The Morgan fingerprint density at radius 3 is 2.12 bits per heavy atom. The lowest BCUT2D eigenvalue weighted by molar-refractivity contribution is -0.111. The molecule has 0 aromatic heterocycles. The average molecular weight is 360 g/mol. The van der Waals surface area contributed by atoms with Crippen LogP contribution in [0, 0.1) is 0 Å². The summed E-state index contributed by atoms with van der Waals surface area (Å²) < 4.78 is 0. The van der Waals surface area contributed by atoms with Crippen molar-refractivity contribution < 1.29 is 14.4 Å². The van der Waals surface area contributed by atoms with Gasteiger partial charge in [0.2, 0.25) is 0 Å². The topological polar surface area (TPSA) is 54.5 Å². The van der Waals surface area contributed by atoms with Gasteiger partial charge in [0.1, 0.15) is 0 Å². The quantitative estimate of drug-likeness (QED) is 0.597. The Balaban J connectivity index is 1.52. The zero-order valence-electron chi connectivity index (χ0n) is 12.7. The molecule has 1 heterocycles. The van der Waals surface area contributed by atoms with Crippen molar-refractivity contribution in [3.8, 4) is 0 Å². The fraction of sp³-hybridized carbons (Fsp3) is 0.167. The van der Waals surface area contributed by atoms with Crippen LogP contribution >= 0.6 is 23.4 Å². The molecule has 24 heavy (non-hydrogen) atoms. The highest BCUT2D eigenvalue weighted by Crippen LogP contribution is 2.25. The molecule has 2 aromatic rings. The van der Waals surface area contributed by atoms with Crippen molar-refractivity contribution in [1.82, 2.24) is 4.90 Å². The third kappa shape index (κ3) is 3.52. The molecule has 0 aliphatic carbocycles. The van der Waals surface area contributed by atoms with Crippen molar-refractivity contribution in [2.75, 3.05) is 6.54 Å². The van der Waals surface area contributed by atoms with Gasteiger partial charge in [0.15, 0.2) is 5.12 Å². The van der Waals surface area contributed by atoms with Crippen LogP contribution in [0.5, 0.6) is 0 Å². The molecule has 2 aromatic carbocycles. The number of benzene rings is 2. The van der Waals surface area contributed by atoms with Gasteiger partial charge in [-0.1, -0.05) is 35.5 Å². The lowest BCUT2D eigenvalue weighted by atomic mass is 10.1. The maximum Gasteiger partial charge on any atom is 0.261 e. The maximum absolute atomic E-state index is 12.2. The van der Waals surface area contributed by atoms with Gasteiger partial charge < -0.3 is 0 Å². The van der Waals surface area contributed by atoms with Crippen LogP contribution in [0.2, 0.25) is 5.02 Å². The van der Waals surface area contributed by atoms with Gasteiger partial charge in [0, 0.05) is 22.9 Å². The van der Waals surface area contributed by atoms with Crippen molar-refractivity contribution in [3.05, 3.63) is 64.7 Å². The summed E-state index contributed by atoms with van der Waals surface area (Å²) in [7, 11) is 0. The first-order valence-electron chi connectivity index (χ1n) is 7.48. The Kier molecular flexibility index (Phi) is 5.02. The number of imide groups is 1. The second kappa shape index (κ2) is 7.20. The van der Waals surface area contributed by atoms with Crippen LogP contribution in [-0.2, 0) is 4.79 Å². The van der Waals surface area contributed by atoms with Gasteiger partial charge in [-0.2, -0.15) is 0 Å². The number of thioether (sulfide) groups is 1. The molecule has 0 N–H and O–H groups in total. The number of hydrogen-bond acceptors (Lipinski definition) is 4. The summed E-state index contributed by atoms with van der Waals surface area (Å²) in [5, 5.41) is 0.617. The summed E-state index contributed by atoms with van der Waals surface area (Å²) in [4.78, 5) is 38.4. The van der Waals surface area contributed by atoms with Gasteiger partial charge in [-0.15, -0.1) is 0 Å². The van der Waals surface area contributed by atoms with E-state index in [0.29, 0.717) is 29.0 Å². The van der Waals surface area contributed by atoms with Gasteiger partial charge in [0.05, 0.1) is 11.1 Å². The minimum Gasteiger partial charge on any atom is -0.287 e. The first-order valence-corrected chi connectivity index (χ1v) is 8.67. The largest absolute Gasteiger partial charge is 0.287 e. The maximum atomic E-state index is 12.2. The smallest absolute Gasteiger partial charge is 0.261 e. The summed E-state index contributed by atoms with van der Waals surface area (Å²) in [6.07, 6.45) is 0.742. The van der Waals surface area contributed by atoms with Gasteiger partial charge in [0.25, 0.3) is 11.8 Å². The molecule has 4 nitrogen and oxygen atoms in total. The predicted octanol–water partition coefficient (Wildman–Crippen LogP) is 4.04. The highest BCUT2D eigenvalue weighted by molar-refractivity contribution is 8.13. The lowest BCUT2D eigenvalue weighted by Gasteiger charge is -2.13. The molecule has 1 aliphatic heterocycles. The minimum atomic E-state index is -0.284. The lowest BCUT2D eigenvalue weighted by Crippen LogP contribution is -2.30. The third-order valence-corrected chi connectivity index (χ3v) is 4.88. The zero-order chi connectivity index (χ0) is 17.1. The van der Waals surface area contributed by atoms with E-state index in [9.17, 15) is 14.4 Å². The normalized spacial score (nSPS) is 13.3. The van der Waals surface area contributed by atoms with E-state index in [1.165, 1.54) is 4.90 Å². The van der Waals surface area contributed by atoms with Gasteiger partial charge >= 0.3 is 0 Å². The Morgan fingerprint density at radius 2 is 1.54 bits per heavy atom. The summed E-state index contributed by atoms with van der Waals surface area (Å²) >= 11 is 6.94. The van der Waals surface area contributed by atoms with Crippen LogP contribution in [0.4, 0.5) is 0 Å². The number of halogens is 1. The monoisotopic (exact) mass is 359 g/mol. The SMILES string of the molecule is O=C(CCCN1C(=O)c2ccccc2C1=O)Sc1ccc(Cl)cc1. The molecule has 122 valence electrons. The average Bonchev–Trinajstić information content (AvgIpc) is 2.82. The molecule has 6 heteroatoms. The number of rotatable bonds is 5. The molecule has 0 saturated heterocycles. The molecular weight excluding hydrogens is 346 g/mol. The van der Waals surface area contributed by atoms with Crippen molar-refractivity contribution in [1.29, 1.82) is 0 Å². The van der Waals surface area contributed by atoms with E-state index in [0.717, 1.165) is 16.7 Å². The molecule has 3 rings (SSSR count). The summed E-state index contributed by atoms with van der Waals surface area (Å²) in [5.41, 5.74) is 0.869. The van der Waals surface area contributed by atoms with Gasteiger partial charge in [-0.05, 0) is 42.8 Å². The number of carbonyl (C=O) groups is 3. The standard InChI is InChI=1S/C18H14ClNO3S/c19-12-7-9-13(10-8-12)24-16(21)6-3-11-20-17(22)14-4-1-2-5-15(14)18(20)23/h1-2,4-5,7-10H,3,6,11H2. The highest BCUT2D eigenvalue weighted by atomic mass is 35.5. The molecule has 0 fully saturated rings. The molecular formula is C18H14ClNO3S. The fourth-order valence-electron chi connectivity index (χ4n) is 2.51. The third-order valence-electron chi connectivity index (χ3n) is 3.69. The van der Waals surface area contributed by atoms with Gasteiger partial charge in [-0.25, -0.2) is 0 Å². The van der Waals surface area contributed by atoms with Crippen molar-refractivity contribution in [3.63, 3.8) is 0 Å². The first kappa shape index (κ1) is 16.7. The van der Waals surface area contributed by atoms with Crippen molar-refractivity contribution in [2.24, 2.45) is 0 Å². The van der Waals surface area contributed by atoms with E-state index < -0.39 is 0 Å². The molecule has 0 radical (unpaired) electrons. The van der Waals surface area contributed by atoms with Crippen LogP contribution in [0.25, 0.3) is 0 Å². The van der Waals surface area contributed by atoms with Crippen LogP contribution in [0.15, 0.2) is 53.4 Å². The number of carbonyl (C=O) groups excluding carboxylic acids is 3. The predicted molar refractivity (Wildman–Crippen MR) is 93.4 cm³/mol. The highest BCUT2D eigenvalue weighted by Gasteiger charge is 2.34. The van der Waals surface area contributed by atoms with Crippen molar-refractivity contribution in [2.45, 2.75) is 17.7 Å². The van der Waals surface area contributed by atoms with E-state index in [1.54, 1.807) is 48.5 Å². The van der Waals surface area contributed by atoms with Crippen molar-refractivity contribution >= 4 is 40.3 Å². The Morgan fingerprint density at radius 1 is 0.958 bits per heavy atom. The Hall–Kier alpha value is -2.11. The van der Waals surface area contributed by atoms with Crippen LogP contribution < -0.4 is 0 Å². The fourth-order valence-corrected chi connectivity index (χ4v) is 3.42. The van der Waals surface area contributed by atoms with Crippen LogP contribution in [-0.4, -0.2) is 28.4 Å². The Labute approximate surface area is 148 Å². The molecule has 0 unspecified atom stereocenters.